The highest BCUT2D eigenvalue weighted by Crippen LogP contribution is 2.25. The molecule has 0 radical (unpaired) electrons. The monoisotopic (exact) mass is 444 g/mol. The molecule has 4 heteroatoms. The van der Waals surface area contributed by atoms with Crippen molar-refractivity contribution in [3.05, 3.63) is 89.0 Å². The van der Waals surface area contributed by atoms with Gasteiger partial charge in [-0.15, -0.1) is 0 Å². The van der Waals surface area contributed by atoms with Crippen LogP contribution in [0.15, 0.2) is 66.7 Å². The van der Waals surface area contributed by atoms with E-state index in [0.29, 0.717) is 11.7 Å². The zero-order valence-corrected chi connectivity index (χ0v) is 20.0. The van der Waals surface area contributed by atoms with Crippen molar-refractivity contribution in [2.45, 2.75) is 33.1 Å². The molecule has 3 rings (SSSR count). The molecule has 0 amide bonds. The second kappa shape index (κ2) is 11.4. The van der Waals surface area contributed by atoms with E-state index in [-0.39, 0.29) is 11.9 Å². The molecule has 0 fully saturated rings. The Morgan fingerprint density at radius 1 is 0.758 bits per heavy atom. The number of hydrogen-bond donors (Lipinski definition) is 0. The molecule has 0 spiro atoms. The lowest BCUT2D eigenvalue weighted by Crippen LogP contribution is -2.16. The predicted octanol–water partition coefficient (Wildman–Crippen LogP) is 6.78. The van der Waals surface area contributed by atoms with Crippen LogP contribution in [0.4, 0.5) is 0 Å². The van der Waals surface area contributed by atoms with E-state index in [1.165, 1.54) is 5.56 Å². The summed E-state index contributed by atoms with van der Waals surface area (Å²) in [5, 5.41) is 0. The lowest BCUT2D eigenvalue weighted by Gasteiger charge is -2.13. The normalized spacial score (nSPS) is 12.1. The highest BCUT2D eigenvalue weighted by Gasteiger charge is 2.17. The average Bonchev–Trinajstić information content (AvgIpc) is 2.83. The fourth-order valence-corrected chi connectivity index (χ4v) is 3.52. The van der Waals surface area contributed by atoms with Gasteiger partial charge in [-0.05, 0) is 65.8 Å². The molecule has 0 saturated carbocycles. The van der Waals surface area contributed by atoms with Crippen LogP contribution in [0, 0.1) is 5.92 Å². The molecule has 0 aliphatic rings. The lowest BCUT2D eigenvalue weighted by molar-refractivity contribution is -0.135. The zero-order valence-electron chi connectivity index (χ0n) is 20.0. The number of esters is 1. The van der Waals surface area contributed by atoms with Crippen LogP contribution in [0.1, 0.15) is 48.9 Å². The van der Waals surface area contributed by atoms with E-state index in [4.69, 9.17) is 14.2 Å². The van der Waals surface area contributed by atoms with E-state index in [2.05, 4.69) is 26.0 Å². The third-order valence-electron chi connectivity index (χ3n) is 5.42. The summed E-state index contributed by atoms with van der Waals surface area (Å²) in [6.45, 7) is 6.27. The average molecular weight is 445 g/mol. The molecule has 0 N–H and O–H groups in total. The van der Waals surface area contributed by atoms with Gasteiger partial charge in [0.15, 0.2) is 0 Å². The molecule has 1 atom stereocenters. The third kappa shape index (κ3) is 6.98. The first-order valence-corrected chi connectivity index (χ1v) is 11.2. The Hall–Kier alpha value is -3.53. The number of ether oxygens (including phenoxy) is 3. The molecule has 0 unspecified atom stereocenters. The van der Waals surface area contributed by atoms with E-state index < -0.39 is 0 Å². The maximum absolute atomic E-state index is 12.6. The second-order valence-electron chi connectivity index (χ2n) is 8.53. The highest BCUT2D eigenvalue weighted by molar-refractivity contribution is 5.80. The van der Waals surface area contributed by atoms with Crippen molar-refractivity contribution in [1.82, 2.24) is 0 Å². The Kier molecular flexibility index (Phi) is 8.31. The van der Waals surface area contributed by atoms with E-state index in [1.807, 2.05) is 73.7 Å². The Morgan fingerprint density at radius 2 is 1.33 bits per heavy atom. The minimum Gasteiger partial charge on any atom is -0.497 e. The largest absolute Gasteiger partial charge is 0.497 e. The van der Waals surface area contributed by atoms with Crippen molar-refractivity contribution in [3.8, 4) is 17.2 Å². The van der Waals surface area contributed by atoms with Gasteiger partial charge >= 0.3 is 5.97 Å². The van der Waals surface area contributed by atoms with Gasteiger partial charge in [0, 0.05) is 6.07 Å². The van der Waals surface area contributed by atoms with Gasteiger partial charge in [0.05, 0.1) is 20.1 Å². The van der Waals surface area contributed by atoms with E-state index in [1.54, 1.807) is 14.2 Å². The third-order valence-corrected chi connectivity index (χ3v) is 5.42. The maximum atomic E-state index is 12.6. The summed E-state index contributed by atoms with van der Waals surface area (Å²) in [5.74, 6) is 2.01. The molecule has 0 saturated heterocycles. The molecule has 0 aliphatic carbocycles. The molecule has 4 nitrogen and oxygen atoms in total. The van der Waals surface area contributed by atoms with Crippen LogP contribution >= 0.6 is 0 Å². The standard InChI is InChI=1S/C29H32O4/c1-20(2)16-23-8-12-25(13-9-23)21(3)29(30)33-26-14-10-22(11-15-26)6-7-24-17-27(31-4)19-28(18-24)32-5/h6-15,17-21H,16H2,1-5H3/b7-6+/t21-/m0/s1. The summed E-state index contributed by atoms with van der Waals surface area (Å²) >= 11 is 0. The van der Waals surface area contributed by atoms with E-state index in [0.717, 1.165) is 34.6 Å². The van der Waals surface area contributed by atoms with Crippen molar-refractivity contribution in [2.75, 3.05) is 14.2 Å². The van der Waals surface area contributed by atoms with Crippen LogP contribution < -0.4 is 14.2 Å². The summed E-state index contributed by atoms with van der Waals surface area (Å²) in [5.41, 5.74) is 4.20. The molecule has 3 aromatic carbocycles. The SMILES string of the molecule is COc1cc(/C=C/c2ccc(OC(=O)[C@@H](C)c3ccc(CC(C)C)cc3)cc2)cc(OC)c1. The Morgan fingerprint density at radius 3 is 1.88 bits per heavy atom. The number of hydrogen-bond acceptors (Lipinski definition) is 4. The van der Waals surface area contributed by atoms with Gasteiger partial charge in [-0.25, -0.2) is 0 Å². The first-order valence-electron chi connectivity index (χ1n) is 11.2. The van der Waals surface area contributed by atoms with Crippen LogP contribution in [0.3, 0.4) is 0 Å². The minimum atomic E-state index is -0.333. The zero-order chi connectivity index (χ0) is 23.8. The van der Waals surface area contributed by atoms with Gasteiger partial charge in [-0.2, -0.15) is 0 Å². The second-order valence-corrected chi connectivity index (χ2v) is 8.53. The van der Waals surface area contributed by atoms with E-state index >= 15 is 0 Å². The minimum absolute atomic E-state index is 0.265. The smallest absolute Gasteiger partial charge is 0.318 e. The fourth-order valence-electron chi connectivity index (χ4n) is 3.52. The van der Waals surface area contributed by atoms with Crippen molar-refractivity contribution in [2.24, 2.45) is 5.92 Å². The lowest BCUT2D eigenvalue weighted by atomic mass is 9.97. The Balaban J connectivity index is 1.62. The first kappa shape index (κ1) is 24.1. The highest BCUT2D eigenvalue weighted by atomic mass is 16.5. The van der Waals surface area contributed by atoms with Crippen molar-refractivity contribution >= 4 is 18.1 Å². The molecular formula is C29H32O4. The number of carbonyl (C=O) groups is 1. The molecule has 172 valence electrons. The van der Waals surface area contributed by atoms with Gasteiger partial charge in [-0.3, -0.25) is 4.79 Å². The molecule has 3 aromatic rings. The van der Waals surface area contributed by atoms with Gasteiger partial charge in [-0.1, -0.05) is 62.4 Å². The Bertz CT molecular complexity index is 1060. The number of rotatable bonds is 9. The van der Waals surface area contributed by atoms with Crippen LogP contribution in [0.2, 0.25) is 0 Å². The number of methoxy groups -OCH3 is 2. The summed E-state index contributed by atoms with van der Waals surface area (Å²) in [4.78, 5) is 12.6. The summed E-state index contributed by atoms with van der Waals surface area (Å²) in [7, 11) is 3.26. The van der Waals surface area contributed by atoms with Gasteiger partial charge < -0.3 is 14.2 Å². The van der Waals surface area contributed by atoms with Crippen LogP contribution in [-0.2, 0) is 11.2 Å². The summed E-state index contributed by atoms with van der Waals surface area (Å²) < 4.78 is 16.2. The quantitative estimate of drug-likeness (QED) is 0.207. The van der Waals surface area contributed by atoms with Crippen molar-refractivity contribution in [1.29, 1.82) is 0 Å². The molecule has 0 heterocycles. The fraction of sp³-hybridized carbons (Fsp3) is 0.276. The maximum Gasteiger partial charge on any atom is 0.318 e. The van der Waals surface area contributed by atoms with Crippen LogP contribution in [0.5, 0.6) is 17.2 Å². The van der Waals surface area contributed by atoms with E-state index in [9.17, 15) is 4.79 Å². The predicted molar refractivity (Wildman–Crippen MR) is 134 cm³/mol. The molecule has 0 aromatic heterocycles. The Labute approximate surface area is 196 Å². The number of benzene rings is 3. The van der Waals surface area contributed by atoms with Gasteiger partial charge in [0.2, 0.25) is 0 Å². The summed E-state index contributed by atoms with van der Waals surface area (Å²) in [6.07, 6.45) is 5.00. The molecular weight excluding hydrogens is 412 g/mol. The number of carbonyl (C=O) groups excluding carboxylic acids is 1. The first-order chi connectivity index (χ1) is 15.9. The van der Waals surface area contributed by atoms with Crippen LogP contribution in [-0.4, -0.2) is 20.2 Å². The van der Waals surface area contributed by atoms with Gasteiger partial charge in [0.25, 0.3) is 0 Å². The molecule has 0 aliphatic heterocycles. The van der Waals surface area contributed by atoms with Crippen molar-refractivity contribution < 1.29 is 19.0 Å². The molecule has 0 bridgehead atoms. The topological polar surface area (TPSA) is 44.8 Å². The molecule has 33 heavy (non-hydrogen) atoms. The summed E-state index contributed by atoms with van der Waals surface area (Å²) in [6, 6.07) is 21.4. The van der Waals surface area contributed by atoms with Crippen LogP contribution in [0.25, 0.3) is 12.2 Å². The van der Waals surface area contributed by atoms with Gasteiger partial charge in [0.1, 0.15) is 17.2 Å². The van der Waals surface area contributed by atoms with Crippen molar-refractivity contribution in [3.63, 3.8) is 0 Å².